The summed E-state index contributed by atoms with van der Waals surface area (Å²) in [6.07, 6.45) is 1.57. The average Bonchev–Trinajstić information content (AvgIpc) is 3.13. The summed E-state index contributed by atoms with van der Waals surface area (Å²) in [5, 5.41) is 6.53. The van der Waals surface area contributed by atoms with Crippen molar-refractivity contribution in [1.29, 1.82) is 0 Å². The number of furan rings is 1. The predicted octanol–water partition coefficient (Wildman–Crippen LogP) is 1.46. The van der Waals surface area contributed by atoms with Gasteiger partial charge in [0.15, 0.2) is 9.84 Å². The number of halogens is 1. The second-order valence-electron chi connectivity index (χ2n) is 5.16. The van der Waals surface area contributed by atoms with Crippen molar-refractivity contribution in [3.63, 3.8) is 0 Å². The zero-order valence-electron chi connectivity index (χ0n) is 11.1. The van der Waals surface area contributed by atoms with Crippen molar-refractivity contribution in [2.75, 3.05) is 19.6 Å². The molecular formula is C14H15ClN2O3S. The van der Waals surface area contributed by atoms with E-state index in [1.165, 1.54) is 5.57 Å². The summed E-state index contributed by atoms with van der Waals surface area (Å²) in [7, 11) is -3.41. The first-order valence-electron chi connectivity index (χ1n) is 6.52. The smallest absolute Gasteiger partial charge is 0.198 e. The molecule has 21 heavy (non-hydrogen) atoms. The highest BCUT2D eigenvalue weighted by atomic mass is 35.5. The van der Waals surface area contributed by atoms with Gasteiger partial charge in [-0.3, -0.25) is 5.32 Å². The Morgan fingerprint density at radius 1 is 1.14 bits per heavy atom. The van der Waals surface area contributed by atoms with Crippen LogP contribution in [-0.2, 0) is 9.84 Å². The molecule has 2 aliphatic rings. The Labute approximate surface area is 128 Å². The molecule has 0 fully saturated rings. The quantitative estimate of drug-likeness (QED) is 0.818. The highest BCUT2D eigenvalue weighted by Gasteiger charge is 2.38. The predicted molar refractivity (Wildman–Crippen MR) is 82.3 cm³/mol. The monoisotopic (exact) mass is 326 g/mol. The molecule has 7 heteroatoms. The van der Waals surface area contributed by atoms with E-state index in [-0.39, 0.29) is 12.4 Å². The molecule has 2 N–H and O–H groups in total. The van der Waals surface area contributed by atoms with Gasteiger partial charge < -0.3 is 9.73 Å². The van der Waals surface area contributed by atoms with Crippen LogP contribution in [0.4, 0.5) is 0 Å². The molecule has 1 aromatic heterocycles. The number of rotatable bonds is 2. The van der Waals surface area contributed by atoms with Crippen molar-refractivity contribution >= 4 is 33.2 Å². The maximum absolute atomic E-state index is 12.8. The zero-order chi connectivity index (χ0) is 13.7. The Bertz CT molecular complexity index is 826. The van der Waals surface area contributed by atoms with Gasteiger partial charge in [-0.2, -0.15) is 0 Å². The second-order valence-corrected chi connectivity index (χ2v) is 7.19. The van der Waals surface area contributed by atoms with Crippen molar-refractivity contribution in [3.8, 4) is 0 Å². The summed E-state index contributed by atoms with van der Waals surface area (Å²) < 4.78 is 30.8. The maximum Gasteiger partial charge on any atom is 0.198 e. The SMILES string of the molecule is Cl.O=S(=O)(c1ccc2occc2c1)C1NCC2=C1CNC2. The van der Waals surface area contributed by atoms with E-state index in [1.807, 2.05) is 0 Å². The van der Waals surface area contributed by atoms with Gasteiger partial charge in [-0.25, -0.2) is 8.42 Å². The minimum atomic E-state index is -3.41. The highest BCUT2D eigenvalue weighted by molar-refractivity contribution is 7.92. The third kappa shape index (κ3) is 2.19. The molecule has 0 saturated heterocycles. The summed E-state index contributed by atoms with van der Waals surface area (Å²) in [6, 6.07) is 6.78. The number of benzene rings is 1. The molecule has 1 atom stereocenters. The van der Waals surface area contributed by atoms with Gasteiger partial charge in [0.05, 0.1) is 11.2 Å². The minimum Gasteiger partial charge on any atom is -0.464 e. The van der Waals surface area contributed by atoms with E-state index in [0.717, 1.165) is 17.5 Å². The molecule has 0 bridgehead atoms. The molecule has 0 radical (unpaired) electrons. The number of hydrogen-bond donors (Lipinski definition) is 2. The van der Waals surface area contributed by atoms with E-state index in [1.54, 1.807) is 30.5 Å². The van der Waals surface area contributed by atoms with Gasteiger partial charge in [0.25, 0.3) is 0 Å². The normalized spacial score (nSPS) is 21.6. The van der Waals surface area contributed by atoms with Crippen LogP contribution in [0.15, 0.2) is 51.0 Å². The summed E-state index contributed by atoms with van der Waals surface area (Å²) >= 11 is 0. The van der Waals surface area contributed by atoms with Crippen LogP contribution in [0, 0.1) is 0 Å². The number of fused-ring (bicyclic) bond motifs is 1. The van der Waals surface area contributed by atoms with Crippen LogP contribution in [0.25, 0.3) is 11.0 Å². The Morgan fingerprint density at radius 2 is 2.00 bits per heavy atom. The van der Waals surface area contributed by atoms with E-state index in [2.05, 4.69) is 10.6 Å². The third-order valence-corrected chi connectivity index (χ3v) is 5.97. The van der Waals surface area contributed by atoms with Gasteiger partial charge >= 0.3 is 0 Å². The molecular weight excluding hydrogens is 312 g/mol. The fourth-order valence-electron chi connectivity index (χ4n) is 2.93. The number of sulfone groups is 1. The van der Waals surface area contributed by atoms with Crippen LogP contribution < -0.4 is 10.6 Å². The van der Waals surface area contributed by atoms with Crippen LogP contribution in [-0.4, -0.2) is 33.4 Å². The topological polar surface area (TPSA) is 71.3 Å². The fraction of sp³-hybridized carbons (Fsp3) is 0.286. The summed E-state index contributed by atoms with van der Waals surface area (Å²) in [4.78, 5) is 0.338. The lowest BCUT2D eigenvalue weighted by Crippen LogP contribution is -2.37. The van der Waals surface area contributed by atoms with Crippen LogP contribution in [0.1, 0.15) is 0 Å². The first-order valence-corrected chi connectivity index (χ1v) is 8.07. The molecule has 3 heterocycles. The molecule has 2 aromatic rings. The minimum absolute atomic E-state index is 0. The number of nitrogens with one attached hydrogen (secondary N) is 2. The average molecular weight is 327 g/mol. The first-order chi connectivity index (χ1) is 9.66. The molecule has 1 unspecified atom stereocenters. The van der Waals surface area contributed by atoms with Gasteiger partial charge in [0, 0.05) is 25.0 Å². The Morgan fingerprint density at radius 3 is 2.86 bits per heavy atom. The Balaban J connectivity index is 0.00000132. The van der Waals surface area contributed by atoms with Crippen molar-refractivity contribution < 1.29 is 12.8 Å². The lowest BCUT2D eigenvalue weighted by atomic mass is 10.2. The zero-order valence-corrected chi connectivity index (χ0v) is 12.8. The van der Waals surface area contributed by atoms with E-state index < -0.39 is 15.2 Å². The molecule has 0 amide bonds. The van der Waals surface area contributed by atoms with E-state index in [0.29, 0.717) is 23.6 Å². The molecule has 0 saturated carbocycles. The van der Waals surface area contributed by atoms with Gasteiger partial charge in [-0.1, -0.05) is 0 Å². The molecule has 0 spiro atoms. The van der Waals surface area contributed by atoms with Crippen LogP contribution in [0.2, 0.25) is 0 Å². The standard InChI is InChI=1S/C14H14N2O3S.ClH/c17-20(18,14-12-8-15-6-10(12)7-16-14)11-1-2-13-9(5-11)3-4-19-13;/h1-5,14-16H,6-8H2;1H. The van der Waals surface area contributed by atoms with Gasteiger partial charge in [0.1, 0.15) is 11.0 Å². The van der Waals surface area contributed by atoms with Crippen LogP contribution in [0.5, 0.6) is 0 Å². The summed E-state index contributed by atoms with van der Waals surface area (Å²) in [6.45, 7) is 2.09. The highest BCUT2D eigenvalue weighted by Crippen LogP contribution is 2.29. The van der Waals surface area contributed by atoms with Gasteiger partial charge in [-0.15, -0.1) is 12.4 Å². The molecule has 112 valence electrons. The van der Waals surface area contributed by atoms with Gasteiger partial charge in [-0.05, 0) is 35.4 Å². The molecule has 2 aliphatic heterocycles. The summed E-state index contributed by atoms with van der Waals surface area (Å²) in [5.74, 6) is 0. The van der Waals surface area contributed by atoms with Crippen molar-refractivity contribution in [3.05, 3.63) is 41.7 Å². The number of hydrogen-bond acceptors (Lipinski definition) is 5. The molecule has 0 aliphatic carbocycles. The van der Waals surface area contributed by atoms with Gasteiger partial charge in [0.2, 0.25) is 0 Å². The van der Waals surface area contributed by atoms with Crippen LogP contribution >= 0.6 is 12.4 Å². The second kappa shape index (κ2) is 5.14. The van der Waals surface area contributed by atoms with Crippen molar-refractivity contribution in [2.45, 2.75) is 10.3 Å². The van der Waals surface area contributed by atoms with Crippen molar-refractivity contribution in [1.82, 2.24) is 10.6 Å². The molecule has 4 rings (SSSR count). The van der Waals surface area contributed by atoms with Crippen molar-refractivity contribution in [2.24, 2.45) is 0 Å². The fourth-order valence-corrected chi connectivity index (χ4v) is 4.68. The first kappa shape index (κ1) is 14.6. The Kier molecular flexibility index (Phi) is 3.57. The lowest BCUT2D eigenvalue weighted by molar-refractivity contribution is 0.574. The van der Waals surface area contributed by atoms with E-state index >= 15 is 0 Å². The summed E-state index contributed by atoms with van der Waals surface area (Å²) in [5.41, 5.74) is 2.87. The lowest BCUT2D eigenvalue weighted by Gasteiger charge is -2.16. The molecule has 1 aromatic carbocycles. The Hall–Kier alpha value is -1.34. The maximum atomic E-state index is 12.8. The van der Waals surface area contributed by atoms with E-state index in [9.17, 15) is 8.42 Å². The molecule has 5 nitrogen and oxygen atoms in total. The van der Waals surface area contributed by atoms with Crippen LogP contribution in [0.3, 0.4) is 0 Å². The third-order valence-electron chi connectivity index (χ3n) is 3.99. The largest absolute Gasteiger partial charge is 0.464 e. The van der Waals surface area contributed by atoms with E-state index in [4.69, 9.17) is 4.42 Å².